The van der Waals surface area contributed by atoms with E-state index in [1.54, 1.807) is 35.6 Å². The second-order valence-electron chi connectivity index (χ2n) is 11.7. The lowest BCUT2D eigenvalue weighted by Crippen LogP contribution is -2.47. The van der Waals surface area contributed by atoms with Gasteiger partial charge in [0, 0.05) is 30.6 Å². The van der Waals surface area contributed by atoms with Gasteiger partial charge in [0.2, 0.25) is 0 Å². The number of likely N-dealkylation sites (tertiary alicyclic amines) is 1. The zero-order valence-corrected chi connectivity index (χ0v) is 23.7. The first-order valence-corrected chi connectivity index (χ1v) is 16.2. The topological polar surface area (TPSA) is 85.8 Å². The lowest BCUT2D eigenvalue weighted by molar-refractivity contribution is -0.0680. The predicted molar refractivity (Wildman–Crippen MR) is 144 cm³/mol. The number of fused-ring (bicyclic) bond motifs is 2. The van der Waals surface area contributed by atoms with Crippen molar-refractivity contribution in [3.05, 3.63) is 40.3 Å². The quantitative estimate of drug-likeness (QED) is 0.439. The molecule has 2 bridgehead atoms. The van der Waals surface area contributed by atoms with Crippen LogP contribution in [0.2, 0.25) is 0 Å². The van der Waals surface area contributed by atoms with Crippen LogP contribution in [0.3, 0.4) is 0 Å². The van der Waals surface area contributed by atoms with Crippen LogP contribution in [0.25, 0.3) is 0 Å². The number of carbonyl (C=O) groups is 1. The van der Waals surface area contributed by atoms with Crippen molar-refractivity contribution in [1.82, 2.24) is 9.88 Å². The van der Waals surface area contributed by atoms with Crippen molar-refractivity contribution in [3.63, 3.8) is 0 Å². The molecule has 5 rings (SSSR count). The van der Waals surface area contributed by atoms with Gasteiger partial charge in [-0.3, -0.25) is 0 Å². The predicted octanol–water partition coefficient (Wildman–Crippen LogP) is 6.05. The smallest absolute Gasteiger partial charge is 0.410 e. The Morgan fingerprint density at radius 3 is 2.38 bits per heavy atom. The van der Waals surface area contributed by atoms with E-state index < -0.39 is 9.84 Å². The number of hydrogen-bond donors (Lipinski definition) is 0. The van der Waals surface area contributed by atoms with Crippen molar-refractivity contribution >= 4 is 27.3 Å². The Labute approximate surface area is 224 Å². The van der Waals surface area contributed by atoms with E-state index in [0.717, 1.165) is 42.3 Å². The summed E-state index contributed by atoms with van der Waals surface area (Å²) in [6.45, 7) is 6.23. The number of hydrogen-bond acceptors (Lipinski definition) is 7. The molecule has 3 aliphatic rings. The molecule has 1 saturated heterocycles. The van der Waals surface area contributed by atoms with Crippen LogP contribution in [-0.4, -0.2) is 49.3 Å². The number of amides is 1. The highest BCUT2D eigenvalue weighted by molar-refractivity contribution is 7.90. The minimum absolute atomic E-state index is 0.149. The Morgan fingerprint density at radius 1 is 1.11 bits per heavy atom. The number of rotatable bonds is 6. The molecule has 2 heterocycles. The third-order valence-corrected chi connectivity index (χ3v) is 10.4. The van der Waals surface area contributed by atoms with Gasteiger partial charge in [-0.1, -0.05) is 6.92 Å². The van der Waals surface area contributed by atoms with Gasteiger partial charge in [-0.25, -0.2) is 18.2 Å². The summed E-state index contributed by atoms with van der Waals surface area (Å²) in [4.78, 5) is 20.0. The average Bonchev–Trinajstić information content (AvgIpc) is 3.30. The molecule has 1 aromatic heterocycles. The molecule has 3 fully saturated rings. The van der Waals surface area contributed by atoms with E-state index in [1.165, 1.54) is 25.5 Å². The molecule has 2 saturated carbocycles. The molecule has 0 N–H and O–H groups in total. The van der Waals surface area contributed by atoms with Crippen LogP contribution in [-0.2, 0) is 21.2 Å². The molecular weight excluding hydrogens is 508 g/mol. The molecule has 1 aromatic carbocycles. The molecule has 2 aromatic rings. The van der Waals surface area contributed by atoms with Gasteiger partial charge in [0.1, 0.15) is 18.0 Å². The van der Waals surface area contributed by atoms with Gasteiger partial charge in [0.25, 0.3) is 0 Å². The van der Waals surface area contributed by atoms with Crippen LogP contribution in [0.4, 0.5) is 4.79 Å². The van der Waals surface area contributed by atoms with E-state index >= 15 is 0 Å². The van der Waals surface area contributed by atoms with Crippen molar-refractivity contribution < 1.29 is 22.7 Å². The maximum atomic E-state index is 13.0. The normalized spacial score (nSPS) is 28.6. The van der Waals surface area contributed by atoms with Gasteiger partial charge in [-0.2, -0.15) is 0 Å². The van der Waals surface area contributed by atoms with Crippen LogP contribution in [0, 0.1) is 17.8 Å². The van der Waals surface area contributed by atoms with E-state index in [0.29, 0.717) is 43.2 Å². The van der Waals surface area contributed by atoms with Crippen molar-refractivity contribution in [2.45, 2.75) is 81.8 Å². The number of benzene rings is 1. The van der Waals surface area contributed by atoms with Gasteiger partial charge >= 0.3 is 6.09 Å². The monoisotopic (exact) mass is 546 g/mol. The van der Waals surface area contributed by atoms with Crippen molar-refractivity contribution in [2.24, 2.45) is 17.8 Å². The first-order chi connectivity index (χ1) is 17.6. The Bertz CT molecular complexity index is 1180. The third kappa shape index (κ3) is 6.48. The molecule has 2 aliphatic carbocycles. The van der Waals surface area contributed by atoms with Crippen molar-refractivity contribution in [1.29, 1.82) is 0 Å². The van der Waals surface area contributed by atoms with Crippen LogP contribution >= 0.6 is 11.3 Å². The Hall–Kier alpha value is -2.13. The Kier molecular flexibility index (Phi) is 7.56. The maximum absolute atomic E-state index is 13.0. The summed E-state index contributed by atoms with van der Waals surface area (Å²) in [6, 6.07) is 6.44. The molecular formula is C28H38N2O5S2. The standard InChI is InChI=1S/C28H38N2O5S2/c1-19-12-20-14-21(13-19)16-28(2,15-20)35-27(31)30-10-8-22(9-11-30)26-29-23(18-36-26)17-34-24-4-6-25(7-5-24)37(3,32)33/h4-7,18-22H,8-17H2,1-3H3. The van der Waals surface area contributed by atoms with E-state index in [2.05, 4.69) is 13.8 Å². The van der Waals surface area contributed by atoms with Crippen LogP contribution in [0.5, 0.6) is 5.75 Å². The summed E-state index contributed by atoms with van der Waals surface area (Å²) in [5, 5.41) is 3.10. The van der Waals surface area contributed by atoms with Gasteiger partial charge < -0.3 is 14.4 Å². The first kappa shape index (κ1) is 26.5. The van der Waals surface area contributed by atoms with E-state index in [1.807, 2.05) is 10.3 Å². The van der Waals surface area contributed by atoms with Gasteiger partial charge in [-0.15, -0.1) is 11.3 Å². The Balaban J connectivity index is 1.09. The molecule has 0 spiro atoms. The molecule has 0 radical (unpaired) electrons. The van der Waals surface area contributed by atoms with Gasteiger partial charge in [0.05, 0.1) is 15.6 Å². The van der Waals surface area contributed by atoms with Crippen molar-refractivity contribution in [3.8, 4) is 5.75 Å². The number of ether oxygens (including phenoxy) is 2. The molecule has 7 nitrogen and oxygen atoms in total. The fraction of sp³-hybridized carbons (Fsp3) is 0.643. The number of nitrogens with zero attached hydrogens (tertiary/aromatic N) is 2. The molecule has 37 heavy (non-hydrogen) atoms. The second-order valence-corrected chi connectivity index (χ2v) is 14.6. The molecule has 9 heteroatoms. The zero-order chi connectivity index (χ0) is 26.2. The maximum Gasteiger partial charge on any atom is 0.410 e. The lowest BCUT2D eigenvalue weighted by atomic mass is 9.64. The molecule has 1 amide bonds. The largest absolute Gasteiger partial charge is 0.487 e. The molecule has 1 aliphatic heterocycles. The third-order valence-electron chi connectivity index (χ3n) is 8.22. The summed E-state index contributed by atoms with van der Waals surface area (Å²) in [6.07, 6.45) is 8.66. The number of thiazole rings is 1. The van der Waals surface area contributed by atoms with Crippen LogP contribution < -0.4 is 4.74 Å². The van der Waals surface area contributed by atoms with Gasteiger partial charge in [0.15, 0.2) is 9.84 Å². The summed E-state index contributed by atoms with van der Waals surface area (Å²) < 4.78 is 35.2. The highest BCUT2D eigenvalue weighted by Gasteiger charge is 2.44. The molecule has 2 unspecified atom stereocenters. The van der Waals surface area contributed by atoms with E-state index in [9.17, 15) is 13.2 Å². The number of sulfone groups is 1. The van der Waals surface area contributed by atoms with Crippen LogP contribution in [0.1, 0.15) is 75.4 Å². The SMILES string of the molecule is CC1CC2CC(C1)CC(C)(OC(=O)N1CCC(c3nc(COc4ccc(S(C)(=O)=O)cc4)cs3)CC1)C2. The number of aromatic nitrogens is 1. The summed E-state index contributed by atoms with van der Waals surface area (Å²) in [7, 11) is -3.22. The lowest BCUT2D eigenvalue weighted by Gasteiger charge is -2.47. The summed E-state index contributed by atoms with van der Waals surface area (Å²) >= 11 is 1.64. The fourth-order valence-corrected chi connectivity index (χ4v) is 8.33. The molecule has 202 valence electrons. The summed E-state index contributed by atoms with van der Waals surface area (Å²) in [5.41, 5.74) is 0.538. The highest BCUT2D eigenvalue weighted by Crippen LogP contribution is 2.48. The number of carbonyl (C=O) groups excluding carboxylic acids is 1. The first-order valence-electron chi connectivity index (χ1n) is 13.4. The number of piperidine rings is 1. The molecule has 2 atom stereocenters. The van der Waals surface area contributed by atoms with Crippen molar-refractivity contribution in [2.75, 3.05) is 19.3 Å². The summed E-state index contributed by atoms with van der Waals surface area (Å²) in [5.74, 6) is 3.14. The highest BCUT2D eigenvalue weighted by atomic mass is 32.2. The zero-order valence-electron chi connectivity index (χ0n) is 22.0. The van der Waals surface area contributed by atoms with E-state index in [-0.39, 0.29) is 16.6 Å². The Morgan fingerprint density at radius 2 is 1.76 bits per heavy atom. The van der Waals surface area contributed by atoms with Crippen LogP contribution in [0.15, 0.2) is 34.5 Å². The minimum Gasteiger partial charge on any atom is -0.487 e. The minimum atomic E-state index is -3.22. The fourth-order valence-electron chi connectivity index (χ4n) is 6.72. The average molecular weight is 547 g/mol. The second kappa shape index (κ2) is 10.6. The van der Waals surface area contributed by atoms with Gasteiger partial charge in [-0.05, 0) is 93.9 Å². The van der Waals surface area contributed by atoms with E-state index in [4.69, 9.17) is 14.5 Å².